The molecule has 4 rings (SSSR count). The molecule has 2 aromatic heterocycles. The minimum Gasteiger partial charge on any atom is -0.477 e. The van der Waals surface area contributed by atoms with Crippen molar-refractivity contribution in [3.8, 4) is 0 Å². The molecular formula is C18H21N5O4S. The Morgan fingerprint density at radius 3 is 2.86 bits per heavy atom. The molecule has 0 bridgehead atoms. The van der Waals surface area contributed by atoms with Crippen LogP contribution in [0.3, 0.4) is 0 Å². The Morgan fingerprint density at radius 2 is 2.11 bits per heavy atom. The number of carboxylic acids is 1. The van der Waals surface area contributed by atoms with Gasteiger partial charge in [-0.1, -0.05) is 0 Å². The number of hydrogen-bond acceptors (Lipinski definition) is 9. The molecule has 2 aromatic rings. The van der Waals surface area contributed by atoms with Crippen molar-refractivity contribution < 1.29 is 19.7 Å². The average molecular weight is 403 g/mol. The van der Waals surface area contributed by atoms with E-state index in [1.165, 1.54) is 6.33 Å². The van der Waals surface area contributed by atoms with E-state index in [-0.39, 0.29) is 17.1 Å². The summed E-state index contributed by atoms with van der Waals surface area (Å²) in [7, 11) is 0. The van der Waals surface area contributed by atoms with Gasteiger partial charge in [0.1, 0.15) is 22.1 Å². The first-order valence-electron chi connectivity index (χ1n) is 9.12. The highest BCUT2D eigenvalue weighted by Gasteiger charge is 2.26. The zero-order valence-corrected chi connectivity index (χ0v) is 16.1. The van der Waals surface area contributed by atoms with E-state index in [1.807, 2.05) is 6.08 Å². The number of aliphatic hydroxyl groups is 1. The van der Waals surface area contributed by atoms with Crippen LogP contribution < -0.4 is 5.43 Å². The number of hydrogen-bond donors (Lipinski definition) is 3. The summed E-state index contributed by atoms with van der Waals surface area (Å²) in [5.74, 6) is -0.464. The minimum atomic E-state index is -0.975. The van der Waals surface area contributed by atoms with Crippen LogP contribution in [0, 0.1) is 6.92 Å². The van der Waals surface area contributed by atoms with Gasteiger partial charge < -0.3 is 14.9 Å². The number of aliphatic imine (C=N–C) groups is 1. The quantitative estimate of drug-likeness (QED) is 0.712. The van der Waals surface area contributed by atoms with Gasteiger partial charge >= 0.3 is 12.0 Å². The van der Waals surface area contributed by atoms with E-state index in [0.717, 1.165) is 37.0 Å². The lowest BCUT2D eigenvalue weighted by Gasteiger charge is -2.32. The third-order valence-electron chi connectivity index (χ3n) is 4.89. The molecule has 0 radical (unpaired) electrons. The third kappa shape index (κ3) is 3.65. The molecule has 3 heterocycles. The number of thiophene rings is 1. The van der Waals surface area contributed by atoms with Gasteiger partial charge in [-0.3, -0.25) is 5.43 Å². The van der Waals surface area contributed by atoms with Crippen LogP contribution in [-0.4, -0.2) is 55.9 Å². The van der Waals surface area contributed by atoms with Gasteiger partial charge in [0.25, 0.3) is 0 Å². The zero-order valence-electron chi connectivity index (χ0n) is 15.3. The number of rotatable bonds is 4. The first-order chi connectivity index (χ1) is 13.5. The highest BCUT2D eigenvalue weighted by Crippen LogP contribution is 2.33. The largest absolute Gasteiger partial charge is 0.477 e. The van der Waals surface area contributed by atoms with Crippen molar-refractivity contribution in [1.29, 1.82) is 0 Å². The molecule has 0 saturated heterocycles. The number of nitrogens with zero attached hydrogens (tertiary/aromatic N) is 4. The molecule has 1 fully saturated rings. The van der Waals surface area contributed by atoms with Crippen LogP contribution in [-0.2, 0) is 4.74 Å². The van der Waals surface area contributed by atoms with E-state index in [1.54, 1.807) is 18.1 Å². The second-order valence-electron chi connectivity index (χ2n) is 6.83. The molecule has 9 nitrogen and oxygen atoms in total. The highest BCUT2D eigenvalue weighted by atomic mass is 32.1. The fourth-order valence-corrected chi connectivity index (χ4v) is 4.39. The Morgan fingerprint density at radius 1 is 1.32 bits per heavy atom. The number of ether oxygens (including phenoxy) is 1. The van der Waals surface area contributed by atoms with Crippen LogP contribution >= 0.6 is 11.3 Å². The average Bonchev–Trinajstić information content (AvgIpc) is 3.03. The normalized spacial score (nSPS) is 22.2. The Bertz CT molecular complexity index is 949. The summed E-state index contributed by atoms with van der Waals surface area (Å²) in [6.07, 6.45) is 7.74. The molecule has 0 amide bonds. The van der Waals surface area contributed by atoms with E-state index < -0.39 is 5.97 Å². The summed E-state index contributed by atoms with van der Waals surface area (Å²) in [6.45, 7) is 2.28. The summed E-state index contributed by atoms with van der Waals surface area (Å²) in [6, 6.07) is 0.432. The summed E-state index contributed by atoms with van der Waals surface area (Å²) in [5.41, 5.74) is 3.83. The first kappa shape index (κ1) is 18.6. The predicted molar refractivity (Wildman–Crippen MR) is 105 cm³/mol. The van der Waals surface area contributed by atoms with Crippen LogP contribution in [0.25, 0.3) is 10.2 Å². The van der Waals surface area contributed by atoms with Gasteiger partial charge in [-0.15, -0.1) is 11.3 Å². The van der Waals surface area contributed by atoms with Gasteiger partial charge in [-0.2, -0.15) is 0 Å². The Hall–Kier alpha value is -2.72. The Kier molecular flexibility index (Phi) is 5.14. The van der Waals surface area contributed by atoms with Gasteiger partial charge in [-0.05, 0) is 44.2 Å². The van der Waals surface area contributed by atoms with Crippen molar-refractivity contribution in [1.82, 2.24) is 15.0 Å². The third-order valence-corrected chi connectivity index (χ3v) is 6.07. The number of aliphatic hydroxyl groups excluding tert-OH is 1. The molecule has 28 heavy (non-hydrogen) atoms. The summed E-state index contributed by atoms with van der Waals surface area (Å²) >= 11 is 1.13. The SMILES string of the molecule is Cc1c(C(=O)O)sc2ncnc(NN3CC=CN=C3O[C@H]3CC[C@H](O)CC3)c12. The van der Waals surface area contributed by atoms with E-state index >= 15 is 0 Å². The van der Waals surface area contributed by atoms with Crippen molar-refractivity contribution in [2.45, 2.75) is 44.8 Å². The lowest BCUT2D eigenvalue weighted by molar-refractivity contribution is 0.0520. The molecule has 3 N–H and O–H groups in total. The standard InChI is InChI=1S/C18H21N5O4S/c1-10-13-15(20-9-21-16(13)28-14(10)17(25)26)22-23-8-2-7-19-18(23)27-12-5-3-11(24)4-6-12/h2,7,9,11-12,24H,3-6,8H2,1H3,(H,25,26)(H,20,21,22)/t11-,12-. The molecule has 0 unspecified atom stereocenters. The molecule has 2 aliphatic rings. The van der Waals surface area contributed by atoms with Crippen molar-refractivity contribution in [3.05, 3.63) is 29.0 Å². The molecular weight excluding hydrogens is 382 g/mol. The van der Waals surface area contributed by atoms with Crippen LogP contribution in [0.5, 0.6) is 0 Å². The van der Waals surface area contributed by atoms with Crippen molar-refractivity contribution in [3.63, 3.8) is 0 Å². The van der Waals surface area contributed by atoms with Crippen molar-refractivity contribution in [2.24, 2.45) is 4.99 Å². The molecule has 1 aliphatic carbocycles. The van der Waals surface area contributed by atoms with Gasteiger partial charge in [0.15, 0.2) is 5.82 Å². The summed E-state index contributed by atoms with van der Waals surface area (Å²) in [4.78, 5) is 25.2. The molecule has 10 heteroatoms. The minimum absolute atomic E-state index is 0.00450. The van der Waals surface area contributed by atoms with E-state index in [9.17, 15) is 15.0 Å². The van der Waals surface area contributed by atoms with Gasteiger partial charge in [0.2, 0.25) is 0 Å². The maximum atomic E-state index is 11.5. The van der Waals surface area contributed by atoms with Gasteiger partial charge in [-0.25, -0.2) is 24.8 Å². The lowest BCUT2D eigenvalue weighted by Crippen LogP contribution is -2.42. The summed E-state index contributed by atoms with van der Waals surface area (Å²) < 4.78 is 6.07. The summed E-state index contributed by atoms with van der Waals surface area (Å²) in [5, 5.41) is 21.5. The van der Waals surface area contributed by atoms with Gasteiger partial charge in [0, 0.05) is 6.20 Å². The molecule has 0 aromatic carbocycles. The molecule has 148 valence electrons. The number of aromatic nitrogens is 2. The number of aromatic carboxylic acids is 1. The Labute approximate surface area is 165 Å². The second-order valence-corrected chi connectivity index (χ2v) is 7.83. The second kappa shape index (κ2) is 7.72. The number of aryl methyl sites for hydroxylation is 1. The van der Waals surface area contributed by atoms with E-state index in [0.29, 0.717) is 34.2 Å². The first-order valence-corrected chi connectivity index (χ1v) is 9.93. The number of carbonyl (C=O) groups is 1. The number of hydrazine groups is 1. The van der Waals surface area contributed by atoms with Crippen LogP contribution in [0.2, 0.25) is 0 Å². The number of fused-ring (bicyclic) bond motifs is 1. The topological polar surface area (TPSA) is 120 Å². The smallest absolute Gasteiger partial charge is 0.346 e. The number of carboxylic acid groups (broad SMARTS) is 1. The molecule has 1 saturated carbocycles. The van der Waals surface area contributed by atoms with Gasteiger partial charge in [0.05, 0.1) is 18.0 Å². The van der Waals surface area contributed by atoms with Crippen molar-refractivity contribution in [2.75, 3.05) is 12.0 Å². The Balaban J connectivity index is 1.57. The van der Waals surface area contributed by atoms with Crippen LogP contribution in [0.4, 0.5) is 5.82 Å². The lowest BCUT2D eigenvalue weighted by atomic mass is 9.95. The van der Waals surface area contributed by atoms with Crippen molar-refractivity contribution >= 4 is 39.4 Å². The van der Waals surface area contributed by atoms with Crippen LogP contribution in [0.15, 0.2) is 23.6 Å². The number of nitrogens with one attached hydrogen (secondary N) is 1. The number of amidine groups is 1. The monoisotopic (exact) mass is 403 g/mol. The number of anilines is 1. The fourth-order valence-electron chi connectivity index (χ4n) is 3.40. The maximum absolute atomic E-state index is 11.5. The highest BCUT2D eigenvalue weighted by molar-refractivity contribution is 7.20. The maximum Gasteiger partial charge on any atom is 0.346 e. The molecule has 1 aliphatic heterocycles. The van der Waals surface area contributed by atoms with E-state index in [2.05, 4.69) is 20.4 Å². The fraction of sp³-hybridized carbons (Fsp3) is 0.444. The zero-order chi connectivity index (χ0) is 19.7. The molecule has 0 spiro atoms. The van der Waals surface area contributed by atoms with Crippen LogP contribution in [0.1, 0.15) is 40.9 Å². The molecule has 0 atom stereocenters. The van der Waals surface area contributed by atoms with E-state index in [4.69, 9.17) is 4.74 Å². The predicted octanol–water partition coefficient (Wildman–Crippen LogP) is 2.53.